The lowest BCUT2D eigenvalue weighted by Gasteiger charge is -2.18. The Morgan fingerprint density at radius 3 is 2.35 bits per heavy atom. The Bertz CT molecular complexity index is 1420. The van der Waals surface area contributed by atoms with Gasteiger partial charge in [-0.1, -0.05) is 53.8 Å². The standard InChI is InChI=1S/C29H29NO6S/c1-19(2)36-25(28(32)34-3)17-20-9-12-23(13-10-20)35-16-15-30-24-14-11-22(18-26(24)37-29(30)33)27(31)21-7-5-4-6-8-21/h4-14,18-19,25H,15-17H2,1-3H3. The van der Waals surface area contributed by atoms with E-state index in [0.717, 1.165) is 27.1 Å². The zero-order chi connectivity index (χ0) is 26.4. The maximum atomic E-state index is 12.8. The van der Waals surface area contributed by atoms with Gasteiger partial charge in [0.15, 0.2) is 11.9 Å². The Balaban J connectivity index is 1.38. The number of nitrogens with zero attached hydrogens (tertiary/aromatic N) is 1. The van der Waals surface area contributed by atoms with Crippen molar-refractivity contribution in [3.63, 3.8) is 0 Å². The van der Waals surface area contributed by atoms with Crippen LogP contribution in [0.5, 0.6) is 5.75 Å². The van der Waals surface area contributed by atoms with Gasteiger partial charge in [-0.3, -0.25) is 14.2 Å². The Kier molecular flexibility index (Phi) is 8.53. The van der Waals surface area contributed by atoms with Crippen molar-refractivity contribution >= 4 is 33.3 Å². The number of ketones is 1. The fourth-order valence-electron chi connectivity index (χ4n) is 4.01. The van der Waals surface area contributed by atoms with Gasteiger partial charge in [0.1, 0.15) is 12.4 Å². The molecule has 1 aromatic heterocycles. The van der Waals surface area contributed by atoms with Gasteiger partial charge >= 0.3 is 10.8 Å². The SMILES string of the molecule is COC(=O)C(Cc1ccc(OCCn2c(=O)sc3cc(C(=O)c4ccccc4)ccc32)cc1)OC(C)C. The summed E-state index contributed by atoms with van der Waals surface area (Å²) in [6.45, 7) is 4.42. The van der Waals surface area contributed by atoms with E-state index in [1.165, 1.54) is 7.11 Å². The molecule has 0 aliphatic rings. The Morgan fingerprint density at radius 2 is 1.68 bits per heavy atom. The van der Waals surface area contributed by atoms with Crippen molar-refractivity contribution in [1.82, 2.24) is 4.57 Å². The molecule has 8 heteroatoms. The molecule has 0 aliphatic carbocycles. The predicted octanol–water partition coefficient (Wildman–Crippen LogP) is 4.88. The van der Waals surface area contributed by atoms with Gasteiger partial charge < -0.3 is 14.2 Å². The maximum absolute atomic E-state index is 12.8. The summed E-state index contributed by atoms with van der Waals surface area (Å²) in [5.74, 6) is 0.181. The summed E-state index contributed by atoms with van der Waals surface area (Å²) in [4.78, 5) is 37.3. The fourth-order valence-corrected chi connectivity index (χ4v) is 4.97. The second-order valence-electron chi connectivity index (χ2n) is 8.79. The third kappa shape index (κ3) is 6.53. The molecule has 1 atom stereocenters. The summed E-state index contributed by atoms with van der Waals surface area (Å²) < 4.78 is 18.8. The summed E-state index contributed by atoms with van der Waals surface area (Å²) in [6.07, 6.45) is -0.367. The minimum absolute atomic E-state index is 0.0737. The van der Waals surface area contributed by atoms with Crippen molar-refractivity contribution in [2.45, 2.75) is 39.0 Å². The summed E-state index contributed by atoms with van der Waals surface area (Å²) in [7, 11) is 1.35. The lowest BCUT2D eigenvalue weighted by atomic mass is 10.0. The van der Waals surface area contributed by atoms with Crippen molar-refractivity contribution in [2.24, 2.45) is 0 Å². The second kappa shape index (κ2) is 12.0. The number of methoxy groups -OCH3 is 1. The first kappa shape index (κ1) is 26.3. The van der Waals surface area contributed by atoms with Crippen molar-refractivity contribution in [1.29, 1.82) is 0 Å². The predicted molar refractivity (Wildman–Crippen MR) is 144 cm³/mol. The second-order valence-corrected chi connectivity index (χ2v) is 9.78. The molecule has 37 heavy (non-hydrogen) atoms. The average molecular weight is 520 g/mol. The molecule has 192 valence electrons. The first-order chi connectivity index (χ1) is 17.9. The molecule has 7 nitrogen and oxygen atoms in total. The van der Waals surface area contributed by atoms with Crippen molar-refractivity contribution in [3.05, 3.63) is 99.2 Å². The number of ether oxygens (including phenoxy) is 3. The van der Waals surface area contributed by atoms with Crippen LogP contribution in [0.4, 0.5) is 0 Å². The van der Waals surface area contributed by atoms with E-state index in [9.17, 15) is 14.4 Å². The molecule has 0 saturated carbocycles. The highest BCUT2D eigenvalue weighted by Gasteiger charge is 2.21. The molecule has 0 bridgehead atoms. The number of fused-ring (bicyclic) bond motifs is 1. The quantitative estimate of drug-likeness (QED) is 0.207. The van der Waals surface area contributed by atoms with Crippen LogP contribution in [0.1, 0.15) is 35.3 Å². The van der Waals surface area contributed by atoms with E-state index in [4.69, 9.17) is 14.2 Å². The van der Waals surface area contributed by atoms with Crippen LogP contribution >= 0.6 is 11.3 Å². The Morgan fingerprint density at radius 1 is 0.946 bits per heavy atom. The lowest BCUT2D eigenvalue weighted by Crippen LogP contribution is -2.30. The first-order valence-electron chi connectivity index (χ1n) is 12.0. The van der Waals surface area contributed by atoms with Gasteiger partial charge in [0.2, 0.25) is 0 Å². The zero-order valence-corrected chi connectivity index (χ0v) is 21.8. The van der Waals surface area contributed by atoms with Crippen LogP contribution in [0.2, 0.25) is 0 Å². The smallest absolute Gasteiger partial charge is 0.335 e. The van der Waals surface area contributed by atoms with Crippen LogP contribution in [-0.4, -0.2) is 42.2 Å². The minimum atomic E-state index is -0.668. The molecule has 1 heterocycles. The van der Waals surface area contributed by atoms with Gasteiger partial charge in [-0.05, 0) is 49.7 Å². The molecular weight excluding hydrogens is 490 g/mol. The number of benzene rings is 3. The normalized spacial score (nSPS) is 12.0. The molecule has 3 aromatic carbocycles. The minimum Gasteiger partial charge on any atom is -0.492 e. The van der Waals surface area contributed by atoms with Gasteiger partial charge in [-0.25, -0.2) is 4.79 Å². The number of hydrogen-bond donors (Lipinski definition) is 0. The van der Waals surface area contributed by atoms with Gasteiger partial charge in [0.25, 0.3) is 0 Å². The number of hydrogen-bond acceptors (Lipinski definition) is 7. The molecule has 0 fully saturated rings. The number of rotatable bonds is 11. The number of carbonyl (C=O) groups is 2. The van der Waals surface area contributed by atoms with E-state index >= 15 is 0 Å². The molecular formula is C29H29NO6S. The average Bonchev–Trinajstić information content (AvgIpc) is 3.22. The molecule has 4 rings (SSSR count). The highest BCUT2D eigenvalue weighted by molar-refractivity contribution is 7.16. The molecule has 1 unspecified atom stereocenters. The van der Waals surface area contributed by atoms with Crippen LogP contribution in [0.15, 0.2) is 77.6 Å². The van der Waals surface area contributed by atoms with E-state index in [1.54, 1.807) is 28.8 Å². The highest BCUT2D eigenvalue weighted by Crippen LogP contribution is 2.22. The van der Waals surface area contributed by atoms with Gasteiger partial charge in [0, 0.05) is 17.5 Å². The fraction of sp³-hybridized carbons (Fsp3) is 0.276. The van der Waals surface area contributed by atoms with E-state index in [1.807, 2.05) is 62.4 Å². The van der Waals surface area contributed by atoms with Crippen molar-refractivity contribution in [2.75, 3.05) is 13.7 Å². The lowest BCUT2D eigenvalue weighted by molar-refractivity contribution is -0.156. The third-order valence-electron chi connectivity index (χ3n) is 5.80. The third-order valence-corrected chi connectivity index (χ3v) is 6.74. The monoisotopic (exact) mass is 519 g/mol. The van der Waals surface area contributed by atoms with Crippen LogP contribution < -0.4 is 9.61 Å². The summed E-state index contributed by atoms with van der Waals surface area (Å²) in [6, 6.07) is 21.8. The molecule has 0 N–H and O–H groups in total. The number of aromatic nitrogens is 1. The number of esters is 1. The van der Waals surface area contributed by atoms with Crippen LogP contribution in [0, 0.1) is 0 Å². The summed E-state index contributed by atoms with van der Waals surface area (Å²) >= 11 is 1.12. The topological polar surface area (TPSA) is 83.8 Å². The summed E-state index contributed by atoms with van der Waals surface area (Å²) in [5.41, 5.74) is 2.86. The molecule has 0 saturated heterocycles. The number of thiazole rings is 1. The van der Waals surface area contributed by atoms with Crippen LogP contribution in [-0.2, 0) is 27.2 Å². The van der Waals surface area contributed by atoms with Crippen LogP contribution in [0.25, 0.3) is 10.2 Å². The zero-order valence-electron chi connectivity index (χ0n) is 21.0. The van der Waals surface area contributed by atoms with Gasteiger partial charge in [-0.2, -0.15) is 0 Å². The maximum Gasteiger partial charge on any atom is 0.335 e. The molecule has 0 spiro atoms. The molecule has 0 amide bonds. The van der Waals surface area contributed by atoms with E-state index in [0.29, 0.717) is 36.4 Å². The largest absolute Gasteiger partial charge is 0.492 e. The van der Waals surface area contributed by atoms with E-state index in [-0.39, 0.29) is 16.8 Å². The van der Waals surface area contributed by atoms with E-state index in [2.05, 4.69) is 0 Å². The highest BCUT2D eigenvalue weighted by atomic mass is 32.1. The van der Waals surface area contributed by atoms with Gasteiger partial charge in [0.05, 0.1) is 30.0 Å². The van der Waals surface area contributed by atoms with Gasteiger partial charge in [-0.15, -0.1) is 0 Å². The molecule has 4 aromatic rings. The van der Waals surface area contributed by atoms with Crippen LogP contribution in [0.3, 0.4) is 0 Å². The Hall–Kier alpha value is -3.75. The number of carbonyl (C=O) groups excluding carboxylic acids is 2. The molecule has 0 radical (unpaired) electrons. The van der Waals surface area contributed by atoms with E-state index < -0.39 is 12.1 Å². The van der Waals surface area contributed by atoms with Crippen molar-refractivity contribution in [3.8, 4) is 5.75 Å². The summed E-state index contributed by atoms with van der Waals surface area (Å²) in [5, 5.41) is 0. The first-order valence-corrected chi connectivity index (χ1v) is 12.9. The molecule has 0 aliphatic heterocycles. The Labute approximate surface area is 219 Å². The van der Waals surface area contributed by atoms with Crippen molar-refractivity contribution < 1.29 is 23.8 Å².